The number of allylic oxidation sites excluding steroid dienone is 2. The van der Waals surface area contributed by atoms with Gasteiger partial charge in [0.25, 0.3) is 0 Å². The first-order chi connectivity index (χ1) is 4.88. The Kier molecular flexibility index (Phi) is 2.05. The third kappa shape index (κ3) is 1.16. The molecule has 1 rings (SSSR count). The normalized spacial score (nSPS) is 9.70. The zero-order valence-electron chi connectivity index (χ0n) is 5.77. The smallest absolute Gasteiger partial charge is 0.0954 e. The molecule has 0 amide bonds. The lowest BCUT2D eigenvalue weighted by molar-refractivity contribution is 0.724. The largest absolute Gasteiger partial charge is 0.327 e. The average molecular weight is 134 g/mol. The van der Waals surface area contributed by atoms with E-state index in [1.165, 1.54) is 0 Å². The Balaban J connectivity index is 2.82. The molecule has 0 bridgehead atoms. The molecule has 2 heteroatoms. The lowest BCUT2D eigenvalue weighted by Crippen LogP contribution is -1.98. The number of rotatable bonds is 3. The molecule has 0 saturated heterocycles. The van der Waals surface area contributed by atoms with Crippen molar-refractivity contribution in [3.63, 3.8) is 0 Å². The fourth-order valence-corrected chi connectivity index (χ4v) is 0.785. The summed E-state index contributed by atoms with van der Waals surface area (Å²) in [5.74, 6) is 0. The Bertz CT molecular complexity index is 203. The van der Waals surface area contributed by atoms with Gasteiger partial charge < -0.3 is 4.57 Å². The molecule has 52 valence electrons. The van der Waals surface area contributed by atoms with Gasteiger partial charge in [0.05, 0.1) is 12.4 Å². The number of aromatic nitrogens is 2. The lowest BCUT2D eigenvalue weighted by atomic mass is 10.3. The molecule has 0 radical (unpaired) electrons. The van der Waals surface area contributed by atoms with Gasteiger partial charge in [-0.3, -0.25) is 0 Å². The molecule has 0 aromatic carbocycles. The van der Waals surface area contributed by atoms with Crippen molar-refractivity contribution < 1.29 is 0 Å². The van der Waals surface area contributed by atoms with Crippen molar-refractivity contribution in [3.05, 3.63) is 44.0 Å². The van der Waals surface area contributed by atoms with Gasteiger partial charge in [-0.2, -0.15) is 0 Å². The number of nitrogens with zero attached hydrogens (tertiary/aromatic N) is 2. The van der Waals surface area contributed by atoms with Gasteiger partial charge in [0.1, 0.15) is 0 Å². The highest BCUT2D eigenvalue weighted by molar-refractivity contribution is 4.99. The van der Waals surface area contributed by atoms with Crippen LogP contribution < -0.4 is 0 Å². The molecule has 2 nitrogen and oxygen atoms in total. The SMILES string of the molecule is C=CC(C=C)n1ccnc1. The van der Waals surface area contributed by atoms with E-state index in [0.717, 1.165) is 0 Å². The maximum atomic E-state index is 3.91. The molecule has 1 heterocycles. The molecule has 10 heavy (non-hydrogen) atoms. The Morgan fingerprint density at radius 3 is 2.50 bits per heavy atom. The highest BCUT2D eigenvalue weighted by atomic mass is 15.0. The first-order valence-electron chi connectivity index (χ1n) is 3.11. The second-order valence-corrected chi connectivity index (χ2v) is 1.97. The van der Waals surface area contributed by atoms with Crippen LogP contribution in [-0.4, -0.2) is 9.55 Å². The van der Waals surface area contributed by atoms with Crippen LogP contribution in [0.2, 0.25) is 0 Å². The van der Waals surface area contributed by atoms with Crippen molar-refractivity contribution in [3.8, 4) is 0 Å². The number of hydrogen-bond acceptors (Lipinski definition) is 1. The summed E-state index contributed by atoms with van der Waals surface area (Å²) in [5, 5.41) is 0. The Morgan fingerprint density at radius 1 is 1.40 bits per heavy atom. The van der Waals surface area contributed by atoms with Gasteiger partial charge in [-0.05, 0) is 0 Å². The fraction of sp³-hybridized carbons (Fsp3) is 0.125. The van der Waals surface area contributed by atoms with E-state index in [-0.39, 0.29) is 6.04 Å². The number of imidazole rings is 1. The summed E-state index contributed by atoms with van der Waals surface area (Å²) in [4.78, 5) is 3.91. The van der Waals surface area contributed by atoms with Gasteiger partial charge in [0.2, 0.25) is 0 Å². The van der Waals surface area contributed by atoms with Crippen LogP contribution in [0.1, 0.15) is 6.04 Å². The maximum absolute atomic E-state index is 3.91. The van der Waals surface area contributed by atoms with E-state index in [1.807, 2.05) is 22.9 Å². The summed E-state index contributed by atoms with van der Waals surface area (Å²) in [6.07, 6.45) is 8.99. The summed E-state index contributed by atoms with van der Waals surface area (Å²) >= 11 is 0. The highest BCUT2D eigenvalue weighted by Crippen LogP contribution is 2.06. The first-order valence-corrected chi connectivity index (χ1v) is 3.11. The Labute approximate surface area is 60.5 Å². The zero-order valence-corrected chi connectivity index (χ0v) is 5.77. The van der Waals surface area contributed by atoms with Gasteiger partial charge >= 0.3 is 0 Å². The van der Waals surface area contributed by atoms with Crippen molar-refractivity contribution in [2.45, 2.75) is 6.04 Å². The minimum Gasteiger partial charge on any atom is -0.327 e. The molecular formula is C8H10N2. The van der Waals surface area contributed by atoms with Crippen LogP contribution in [0, 0.1) is 0 Å². The average Bonchev–Trinajstić information content (AvgIpc) is 2.43. The predicted molar refractivity (Wildman–Crippen MR) is 41.7 cm³/mol. The van der Waals surface area contributed by atoms with Gasteiger partial charge in [-0.25, -0.2) is 4.98 Å². The van der Waals surface area contributed by atoms with E-state index in [4.69, 9.17) is 0 Å². The maximum Gasteiger partial charge on any atom is 0.0954 e. The van der Waals surface area contributed by atoms with Crippen molar-refractivity contribution in [2.24, 2.45) is 0 Å². The van der Waals surface area contributed by atoms with E-state index >= 15 is 0 Å². The molecule has 0 spiro atoms. The molecule has 0 saturated carbocycles. The molecule has 0 atom stereocenters. The second kappa shape index (κ2) is 3.01. The Morgan fingerprint density at radius 2 is 2.10 bits per heavy atom. The van der Waals surface area contributed by atoms with E-state index in [0.29, 0.717) is 0 Å². The Hall–Kier alpha value is -1.31. The monoisotopic (exact) mass is 134 g/mol. The molecule has 0 fully saturated rings. The molecule has 0 aliphatic heterocycles. The minimum atomic E-state index is 0.169. The van der Waals surface area contributed by atoms with E-state index in [2.05, 4.69) is 18.1 Å². The molecule has 1 aromatic heterocycles. The third-order valence-electron chi connectivity index (χ3n) is 1.35. The van der Waals surface area contributed by atoms with Gasteiger partial charge in [-0.15, -0.1) is 13.2 Å². The molecule has 0 N–H and O–H groups in total. The second-order valence-electron chi connectivity index (χ2n) is 1.97. The van der Waals surface area contributed by atoms with Crippen LogP contribution in [-0.2, 0) is 0 Å². The summed E-state index contributed by atoms with van der Waals surface area (Å²) in [6, 6.07) is 0.169. The van der Waals surface area contributed by atoms with Crippen LogP contribution in [0.3, 0.4) is 0 Å². The minimum absolute atomic E-state index is 0.169. The first kappa shape index (κ1) is 6.81. The van der Waals surface area contributed by atoms with Crippen molar-refractivity contribution in [1.82, 2.24) is 9.55 Å². The summed E-state index contributed by atoms with van der Waals surface area (Å²) in [5.41, 5.74) is 0. The van der Waals surface area contributed by atoms with Crippen molar-refractivity contribution in [1.29, 1.82) is 0 Å². The van der Waals surface area contributed by atoms with E-state index in [1.54, 1.807) is 12.5 Å². The molecule has 0 unspecified atom stereocenters. The topological polar surface area (TPSA) is 17.8 Å². The summed E-state index contributed by atoms with van der Waals surface area (Å²) in [7, 11) is 0. The summed E-state index contributed by atoms with van der Waals surface area (Å²) in [6.45, 7) is 7.34. The number of hydrogen-bond donors (Lipinski definition) is 0. The zero-order chi connectivity index (χ0) is 7.40. The van der Waals surface area contributed by atoms with Crippen LogP contribution >= 0.6 is 0 Å². The van der Waals surface area contributed by atoms with Crippen LogP contribution in [0.25, 0.3) is 0 Å². The van der Waals surface area contributed by atoms with E-state index in [9.17, 15) is 0 Å². The van der Waals surface area contributed by atoms with E-state index < -0.39 is 0 Å². The molecule has 0 aliphatic carbocycles. The third-order valence-corrected chi connectivity index (χ3v) is 1.35. The van der Waals surface area contributed by atoms with Gasteiger partial charge in [-0.1, -0.05) is 12.2 Å². The van der Waals surface area contributed by atoms with Crippen LogP contribution in [0.5, 0.6) is 0 Å². The highest BCUT2D eigenvalue weighted by Gasteiger charge is 1.96. The van der Waals surface area contributed by atoms with Gasteiger partial charge in [0.15, 0.2) is 0 Å². The quantitative estimate of drug-likeness (QED) is 0.576. The molecule has 0 aliphatic rings. The van der Waals surface area contributed by atoms with Crippen molar-refractivity contribution in [2.75, 3.05) is 0 Å². The van der Waals surface area contributed by atoms with Crippen LogP contribution in [0.4, 0.5) is 0 Å². The lowest BCUT2D eigenvalue weighted by Gasteiger charge is -2.06. The molecular weight excluding hydrogens is 124 g/mol. The fourth-order valence-electron chi connectivity index (χ4n) is 0.785. The van der Waals surface area contributed by atoms with Crippen molar-refractivity contribution >= 4 is 0 Å². The predicted octanol–water partition coefficient (Wildman–Crippen LogP) is 1.80. The van der Waals surface area contributed by atoms with Crippen LogP contribution in [0.15, 0.2) is 44.0 Å². The van der Waals surface area contributed by atoms with Gasteiger partial charge in [0, 0.05) is 12.4 Å². The standard InChI is InChI=1S/C8H10N2/c1-3-8(4-2)10-6-5-9-7-10/h3-8H,1-2H2. The summed E-state index contributed by atoms with van der Waals surface area (Å²) < 4.78 is 1.93. The molecule has 1 aromatic rings.